The number of rotatable bonds is 3. The van der Waals surface area contributed by atoms with Gasteiger partial charge in [-0.25, -0.2) is 9.79 Å². The first-order chi connectivity index (χ1) is 10.0. The van der Waals surface area contributed by atoms with Gasteiger partial charge in [0, 0.05) is 17.5 Å². The molecule has 0 fully saturated rings. The highest BCUT2D eigenvalue weighted by Gasteiger charge is 2.31. The Bertz CT molecular complexity index is 673. The summed E-state index contributed by atoms with van der Waals surface area (Å²) < 4.78 is 12.0. The summed E-state index contributed by atoms with van der Waals surface area (Å²) in [5.41, 5.74) is -0.795. The van der Waals surface area contributed by atoms with Crippen LogP contribution in [0.3, 0.4) is 0 Å². The van der Waals surface area contributed by atoms with Crippen LogP contribution in [0.25, 0.3) is 0 Å². The standard InChI is InChI=1S/C16H26N2O4/c1-9(2)17-15-18(10(3)4)13(19)11(14(20)21-8)12(22-15)16(5,6)7/h9-10H,1-8H3. The summed E-state index contributed by atoms with van der Waals surface area (Å²) in [7, 11) is 1.25. The van der Waals surface area contributed by atoms with Crippen LogP contribution in [0.2, 0.25) is 0 Å². The van der Waals surface area contributed by atoms with Crippen molar-refractivity contribution in [2.75, 3.05) is 7.11 Å². The zero-order chi connectivity index (χ0) is 17.2. The minimum atomic E-state index is -0.691. The summed E-state index contributed by atoms with van der Waals surface area (Å²) in [6.45, 7) is 13.1. The van der Waals surface area contributed by atoms with E-state index in [4.69, 9.17) is 9.15 Å². The van der Waals surface area contributed by atoms with Crippen molar-refractivity contribution in [2.45, 2.75) is 66.0 Å². The fourth-order valence-corrected chi connectivity index (χ4v) is 2.07. The molecule has 6 nitrogen and oxygen atoms in total. The second-order valence-corrected chi connectivity index (χ2v) is 6.82. The predicted octanol–water partition coefficient (Wildman–Crippen LogP) is 2.42. The molecule has 1 rings (SSSR count). The van der Waals surface area contributed by atoms with E-state index in [1.807, 2.05) is 48.5 Å². The summed E-state index contributed by atoms with van der Waals surface area (Å²) in [6.07, 6.45) is 0. The van der Waals surface area contributed by atoms with Crippen molar-refractivity contribution in [1.82, 2.24) is 4.57 Å². The van der Waals surface area contributed by atoms with Gasteiger partial charge in [0.2, 0.25) is 0 Å². The Morgan fingerprint density at radius 3 is 2.14 bits per heavy atom. The maximum Gasteiger partial charge on any atom is 0.347 e. The van der Waals surface area contributed by atoms with E-state index >= 15 is 0 Å². The quantitative estimate of drug-likeness (QED) is 0.804. The smallest absolute Gasteiger partial charge is 0.347 e. The van der Waals surface area contributed by atoms with Crippen molar-refractivity contribution in [2.24, 2.45) is 4.99 Å². The first-order valence-electron chi connectivity index (χ1n) is 7.43. The number of hydrogen-bond donors (Lipinski definition) is 0. The van der Waals surface area contributed by atoms with E-state index < -0.39 is 16.9 Å². The molecule has 0 radical (unpaired) electrons. The largest absolute Gasteiger partial charge is 0.465 e. The topological polar surface area (TPSA) is 73.8 Å². The molecule has 0 saturated carbocycles. The molecule has 124 valence electrons. The van der Waals surface area contributed by atoms with Crippen molar-refractivity contribution in [3.8, 4) is 0 Å². The summed E-state index contributed by atoms with van der Waals surface area (Å²) in [5.74, 6) is -0.398. The van der Waals surface area contributed by atoms with Crippen LogP contribution in [-0.4, -0.2) is 23.7 Å². The second-order valence-electron chi connectivity index (χ2n) is 6.82. The fourth-order valence-electron chi connectivity index (χ4n) is 2.07. The maximum absolute atomic E-state index is 12.8. The van der Waals surface area contributed by atoms with Gasteiger partial charge in [-0.05, 0) is 27.7 Å². The number of methoxy groups -OCH3 is 1. The lowest BCUT2D eigenvalue weighted by Gasteiger charge is -2.21. The lowest BCUT2D eigenvalue weighted by Crippen LogP contribution is -2.41. The van der Waals surface area contributed by atoms with Crippen molar-refractivity contribution >= 4 is 5.97 Å². The van der Waals surface area contributed by atoms with Gasteiger partial charge in [-0.3, -0.25) is 9.36 Å². The summed E-state index contributed by atoms with van der Waals surface area (Å²) in [5, 5.41) is 0. The highest BCUT2D eigenvalue weighted by atomic mass is 16.5. The Morgan fingerprint density at radius 1 is 1.23 bits per heavy atom. The van der Waals surface area contributed by atoms with Crippen LogP contribution in [0.4, 0.5) is 0 Å². The van der Waals surface area contributed by atoms with E-state index in [1.54, 1.807) is 0 Å². The second kappa shape index (κ2) is 6.50. The molecule has 6 heteroatoms. The van der Waals surface area contributed by atoms with Gasteiger partial charge in [0.05, 0.1) is 7.11 Å². The molecule has 22 heavy (non-hydrogen) atoms. The van der Waals surface area contributed by atoms with Gasteiger partial charge in [-0.1, -0.05) is 20.8 Å². The fraction of sp³-hybridized carbons (Fsp3) is 0.688. The lowest BCUT2D eigenvalue weighted by atomic mass is 9.90. The molecular formula is C16H26N2O4. The summed E-state index contributed by atoms with van der Waals surface area (Å²) >= 11 is 0. The number of carbonyl (C=O) groups excluding carboxylic acids is 1. The molecular weight excluding hydrogens is 284 g/mol. The van der Waals surface area contributed by atoms with Gasteiger partial charge >= 0.3 is 5.97 Å². The van der Waals surface area contributed by atoms with Crippen molar-refractivity contribution < 1.29 is 13.9 Å². The van der Waals surface area contributed by atoms with Crippen LogP contribution in [0.5, 0.6) is 0 Å². The van der Waals surface area contributed by atoms with Crippen LogP contribution in [-0.2, 0) is 10.2 Å². The van der Waals surface area contributed by atoms with E-state index in [-0.39, 0.29) is 23.3 Å². The molecule has 1 heterocycles. The zero-order valence-electron chi connectivity index (χ0n) is 14.7. The lowest BCUT2D eigenvalue weighted by molar-refractivity contribution is 0.0586. The molecule has 0 N–H and O–H groups in total. The molecule has 0 amide bonds. The Labute approximate surface area is 130 Å². The van der Waals surface area contributed by atoms with Gasteiger partial charge in [-0.2, -0.15) is 0 Å². The summed E-state index contributed by atoms with van der Waals surface area (Å²) in [6, 6.07) is -0.226. The van der Waals surface area contributed by atoms with E-state index in [2.05, 4.69) is 4.99 Å². The number of carbonyl (C=O) groups is 1. The van der Waals surface area contributed by atoms with Gasteiger partial charge in [0.1, 0.15) is 5.76 Å². The van der Waals surface area contributed by atoms with Crippen LogP contribution >= 0.6 is 0 Å². The molecule has 1 aromatic rings. The van der Waals surface area contributed by atoms with Gasteiger partial charge in [0.25, 0.3) is 11.2 Å². The van der Waals surface area contributed by atoms with Crippen molar-refractivity contribution in [3.05, 3.63) is 27.4 Å². The third kappa shape index (κ3) is 3.67. The van der Waals surface area contributed by atoms with Crippen molar-refractivity contribution in [3.63, 3.8) is 0 Å². The first kappa shape index (κ1) is 18.2. The van der Waals surface area contributed by atoms with E-state index in [0.717, 1.165) is 0 Å². The van der Waals surface area contributed by atoms with Gasteiger partial charge in [-0.15, -0.1) is 0 Å². The Morgan fingerprint density at radius 2 is 1.77 bits per heavy atom. The molecule has 0 unspecified atom stereocenters. The zero-order valence-corrected chi connectivity index (χ0v) is 14.7. The molecule has 0 aliphatic rings. The third-order valence-electron chi connectivity index (χ3n) is 3.01. The van der Waals surface area contributed by atoms with Crippen LogP contribution in [0.1, 0.15) is 70.6 Å². The molecule has 1 aromatic heterocycles. The van der Waals surface area contributed by atoms with E-state index in [1.165, 1.54) is 11.7 Å². The number of esters is 1. The highest BCUT2D eigenvalue weighted by molar-refractivity contribution is 5.90. The Balaban J connectivity index is 3.99. The van der Waals surface area contributed by atoms with Crippen molar-refractivity contribution in [1.29, 1.82) is 0 Å². The average molecular weight is 310 g/mol. The van der Waals surface area contributed by atoms with Crippen LogP contribution in [0.15, 0.2) is 14.2 Å². The SMILES string of the molecule is COC(=O)c1c(C(C)(C)C)oc(=NC(C)C)n(C(C)C)c1=O. The maximum atomic E-state index is 12.8. The monoisotopic (exact) mass is 310 g/mol. The third-order valence-corrected chi connectivity index (χ3v) is 3.01. The number of hydrogen-bond acceptors (Lipinski definition) is 5. The predicted molar refractivity (Wildman–Crippen MR) is 84.1 cm³/mol. The van der Waals surface area contributed by atoms with E-state index in [9.17, 15) is 9.59 Å². The molecule has 0 aromatic carbocycles. The molecule has 0 aliphatic heterocycles. The molecule has 0 bridgehead atoms. The summed E-state index contributed by atoms with van der Waals surface area (Å²) in [4.78, 5) is 29.3. The Kier molecular flexibility index (Phi) is 5.38. The number of nitrogens with zero attached hydrogens (tertiary/aromatic N) is 2. The normalized spacial score (nSPS) is 13.1. The molecule has 0 spiro atoms. The average Bonchev–Trinajstić information content (AvgIpc) is 2.34. The molecule has 0 atom stereocenters. The van der Waals surface area contributed by atoms with Gasteiger partial charge in [0.15, 0.2) is 5.56 Å². The first-order valence-corrected chi connectivity index (χ1v) is 7.43. The number of aromatic nitrogens is 1. The van der Waals surface area contributed by atoms with Crippen LogP contribution < -0.4 is 11.2 Å². The minimum Gasteiger partial charge on any atom is -0.465 e. The Hall–Kier alpha value is -1.85. The molecule has 0 saturated heterocycles. The molecule has 0 aliphatic carbocycles. The van der Waals surface area contributed by atoms with E-state index in [0.29, 0.717) is 5.76 Å². The van der Waals surface area contributed by atoms with Gasteiger partial charge < -0.3 is 9.15 Å². The number of ether oxygens (including phenoxy) is 1. The minimum absolute atomic E-state index is 0.0371. The highest BCUT2D eigenvalue weighted by Crippen LogP contribution is 2.23. The van der Waals surface area contributed by atoms with Crippen LogP contribution in [0, 0.1) is 0 Å².